The van der Waals surface area contributed by atoms with E-state index in [4.69, 9.17) is 9.47 Å². The van der Waals surface area contributed by atoms with Gasteiger partial charge in [-0.25, -0.2) is 17.9 Å². The van der Waals surface area contributed by atoms with E-state index in [0.29, 0.717) is 17.0 Å². The van der Waals surface area contributed by atoms with Gasteiger partial charge in [-0.15, -0.1) is 11.3 Å². The van der Waals surface area contributed by atoms with Crippen molar-refractivity contribution in [2.45, 2.75) is 45.4 Å². The average Bonchev–Trinajstić information content (AvgIpc) is 3.07. The molecule has 2 rings (SSSR count). The number of ether oxygens (including phenoxy) is 2. The summed E-state index contributed by atoms with van der Waals surface area (Å²) in [4.78, 5) is 37.5. The summed E-state index contributed by atoms with van der Waals surface area (Å²) >= 11 is 1.27. The number of hydrogen-bond acceptors (Lipinski definition) is 8. The molecular weight excluding hydrogens is 468 g/mol. The Bertz CT molecular complexity index is 1110. The van der Waals surface area contributed by atoms with Crippen molar-refractivity contribution in [2.75, 3.05) is 25.1 Å². The summed E-state index contributed by atoms with van der Waals surface area (Å²) in [6, 6.07) is 6.29. The molecule has 0 aliphatic rings. The minimum absolute atomic E-state index is 0.0935. The maximum Gasteiger partial charge on any atom is 0.341 e. The molecule has 0 radical (unpaired) electrons. The molecule has 0 aliphatic heterocycles. The van der Waals surface area contributed by atoms with Crippen molar-refractivity contribution in [1.29, 1.82) is 0 Å². The van der Waals surface area contributed by atoms with Crippen LogP contribution in [-0.4, -0.2) is 46.0 Å². The lowest BCUT2D eigenvalue weighted by molar-refractivity contribution is -0.147. The molecule has 0 spiro atoms. The lowest BCUT2D eigenvalue weighted by Gasteiger charge is -2.09. The fourth-order valence-corrected chi connectivity index (χ4v) is 5.09. The van der Waals surface area contributed by atoms with Crippen molar-refractivity contribution >= 4 is 44.2 Å². The highest BCUT2D eigenvalue weighted by molar-refractivity contribution is 7.89. The third-order valence-electron chi connectivity index (χ3n) is 4.62. The Labute approximate surface area is 197 Å². The predicted octanol–water partition coefficient (Wildman–Crippen LogP) is 2.95. The molecule has 0 saturated carbocycles. The maximum absolute atomic E-state index is 12.3. The van der Waals surface area contributed by atoms with Crippen molar-refractivity contribution in [3.8, 4) is 0 Å². The van der Waals surface area contributed by atoms with E-state index in [9.17, 15) is 22.8 Å². The minimum atomic E-state index is -3.75. The van der Waals surface area contributed by atoms with Crippen molar-refractivity contribution in [1.82, 2.24) is 4.72 Å². The van der Waals surface area contributed by atoms with E-state index in [1.165, 1.54) is 23.5 Å². The second kappa shape index (κ2) is 11.9. The highest BCUT2D eigenvalue weighted by atomic mass is 32.2. The number of carbonyl (C=O) groups excluding carboxylic acids is 3. The first-order valence-electron chi connectivity index (χ1n) is 10.4. The number of esters is 2. The number of nitrogens with one attached hydrogen (secondary N) is 2. The number of aryl methyl sites for hydroxylation is 2. The fourth-order valence-electron chi connectivity index (χ4n) is 2.90. The minimum Gasteiger partial charge on any atom is -0.462 e. The van der Waals surface area contributed by atoms with E-state index >= 15 is 0 Å². The Kier molecular flexibility index (Phi) is 9.56. The average molecular weight is 497 g/mol. The highest BCUT2D eigenvalue weighted by Crippen LogP contribution is 2.34. The van der Waals surface area contributed by atoms with Crippen LogP contribution in [-0.2, 0) is 35.5 Å². The lowest BCUT2D eigenvalue weighted by atomic mass is 10.1. The molecule has 0 atom stereocenters. The Balaban J connectivity index is 1.87. The zero-order chi connectivity index (χ0) is 24.6. The third kappa shape index (κ3) is 7.37. The number of sulfonamides is 1. The second-order valence-electron chi connectivity index (χ2n) is 7.10. The summed E-state index contributed by atoms with van der Waals surface area (Å²) in [5.74, 6) is -1.88. The third-order valence-corrected chi connectivity index (χ3v) is 7.44. The lowest BCUT2D eigenvalue weighted by Crippen LogP contribution is -2.28. The van der Waals surface area contributed by atoms with Crippen LogP contribution in [0.15, 0.2) is 29.2 Å². The molecule has 1 aromatic heterocycles. The van der Waals surface area contributed by atoms with Crippen molar-refractivity contribution in [3.63, 3.8) is 0 Å². The van der Waals surface area contributed by atoms with Gasteiger partial charge in [0.25, 0.3) is 5.91 Å². The predicted molar refractivity (Wildman–Crippen MR) is 125 cm³/mol. The van der Waals surface area contributed by atoms with Crippen LogP contribution >= 0.6 is 11.3 Å². The van der Waals surface area contributed by atoms with Crippen molar-refractivity contribution in [2.24, 2.45) is 0 Å². The molecule has 1 aromatic carbocycles. The van der Waals surface area contributed by atoms with Gasteiger partial charge < -0.3 is 14.8 Å². The van der Waals surface area contributed by atoms with Gasteiger partial charge in [-0.3, -0.25) is 9.59 Å². The number of hydrogen-bond donors (Lipinski definition) is 2. The molecule has 11 heteroatoms. The Morgan fingerprint density at radius 1 is 1.03 bits per heavy atom. The molecule has 0 aliphatic carbocycles. The molecule has 0 unspecified atom stereocenters. The molecule has 2 aromatic rings. The fraction of sp³-hybridized carbons (Fsp3) is 0.409. The van der Waals surface area contributed by atoms with Crippen molar-refractivity contribution in [3.05, 3.63) is 45.8 Å². The molecule has 0 saturated heterocycles. The molecule has 9 nitrogen and oxygen atoms in total. The van der Waals surface area contributed by atoms with E-state index < -0.39 is 34.5 Å². The molecule has 2 N–H and O–H groups in total. The zero-order valence-electron chi connectivity index (χ0n) is 19.0. The number of benzene rings is 1. The van der Waals surface area contributed by atoms with E-state index in [2.05, 4.69) is 10.0 Å². The van der Waals surface area contributed by atoms with Gasteiger partial charge in [0.05, 0.1) is 23.5 Å². The summed E-state index contributed by atoms with van der Waals surface area (Å²) in [5.41, 5.74) is 1.96. The second-order valence-corrected chi connectivity index (χ2v) is 9.97. The van der Waals surface area contributed by atoms with Crippen LogP contribution in [0.4, 0.5) is 5.00 Å². The Hall–Kier alpha value is -2.76. The van der Waals surface area contributed by atoms with Gasteiger partial charge >= 0.3 is 11.9 Å². The first-order valence-corrected chi connectivity index (χ1v) is 12.7. The summed E-state index contributed by atoms with van der Waals surface area (Å²) in [6.07, 6.45) is 0.441. The van der Waals surface area contributed by atoms with Crippen LogP contribution in [0.1, 0.15) is 46.6 Å². The summed E-state index contributed by atoms with van der Waals surface area (Å²) in [6.45, 7) is 6.73. The topological polar surface area (TPSA) is 128 Å². The SMILES string of the molecule is CCOC(=O)c1c(NC(=O)COC(=O)CCNS(=O)(=O)c2ccc(C)cc2)sc(CC)c1C. The molecular formula is C22H28N2O7S2. The van der Waals surface area contributed by atoms with E-state index in [-0.39, 0.29) is 24.5 Å². The number of carbonyl (C=O) groups is 3. The van der Waals surface area contributed by atoms with Crippen LogP contribution in [0.3, 0.4) is 0 Å². The molecule has 0 fully saturated rings. The van der Waals surface area contributed by atoms with Gasteiger partial charge in [0.15, 0.2) is 6.61 Å². The monoisotopic (exact) mass is 496 g/mol. The molecule has 1 amide bonds. The maximum atomic E-state index is 12.3. The van der Waals surface area contributed by atoms with Gasteiger partial charge in [-0.1, -0.05) is 24.6 Å². The molecule has 180 valence electrons. The Morgan fingerprint density at radius 2 is 1.70 bits per heavy atom. The van der Waals surface area contributed by atoms with Gasteiger partial charge in [0.1, 0.15) is 5.00 Å². The van der Waals surface area contributed by atoms with Crippen molar-refractivity contribution < 1.29 is 32.3 Å². The van der Waals surface area contributed by atoms with E-state index in [1.807, 2.05) is 13.8 Å². The standard InChI is InChI=1S/C22H28N2O7S2/c1-5-17-15(4)20(22(27)30-6-2)21(32-17)24-18(25)13-31-19(26)11-12-23-33(28,29)16-9-7-14(3)8-10-16/h7-10,23H,5-6,11-13H2,1-4H3,(H,24,25). The molecule has 33 heavy (non-hydrogen) atoms. The normalized spacial score (nSPS) is 11.2. The smallest absolute Gasteiger partial charge is 0.341 e. The highest BCUT2D eigenvalue weighted by Gasteiger charge is 2.23. The first-order chi connectivity index (χ1) is 15.6. The van der Waals surface area contributed by atoms with E-state index in [0.717, 1.165) is 16.0 Å². The van der Waals surface area contributed by atoms with Gasteiger partial charge in [0.2, 0.25) is 10.0 Å². The van der Waals surface area contributed by atoms with E-state index in [1.54, 1.807) is 26.0 Å². The largest absolute Gasteiger partial charge is 0.462 e. The van der Waals surface area contributed by atoms with Crippen LogP contribution in [0.2, 0.25) is 0 Å². The van der Waals surface area contributed by atoms with Crippen LogP contribution in [0.5, 0.6) is 0 Å². The first kappa shape index (κ1) is 26.5. The van der Waals surface area contributed by atoms with Crippen LogP contribution in [0, 0.1) is 13.8 Å². The quantitative estimate of drug-likeness (QED) is 0.458. The summed E-state index contributed by atoms with van der Waals surface area (Å²) < 4.78 is 36.8. The Morgan fingerprint density at radius 3 is 2.30 bits per heavy atom. The van der Waals surface area contributed by atoms with Crippen LogP contribution < -0.4 is 10.0 Å². The molecule has 0 bridgehead atoms. The van der Waals surface area contributed by atoms with Gasteiger partial charge in [0, 0.05) is 11.4 Å². The zero-order valence-corrected chi connectivity index (χ0v) is 20.7. The number of amides is 1. The van der Waals surface area contributed by atoms with Gasteiger partial charge in [-0.05, 0) is 44.9 Å². The summed E-state index contributed by atoms with van der Waals surface area (Å²) in [7, 11) is -3.75. The summed E-state index contributed by atoms with van der Waals surface area (Å²) in [5, 5.41) is 2.94. The van der Waals surface area contributed by atoms with Crippen LogP contribution in [0.25, 0.3) is 0 Å². The number of thiophene rings is 1. The van der Waals surface area contributed by atoms with Gasteiger partial charge in [-0.2, -0.15) is 0 Å². The molecule has 1 heterocycles. The number of anilines is 1. The number of rotatable bonds is 11.